The van der Waals surface area contributed by atoms with Gasteiger partial charge in [0.15, 0.2) is 0 Å². The smallest absolute Gasteiger partial charge is 0.271 e. The van der Waals surface area contributed by atoms with Gasteiger partial charge in [0.25, 0.3) is 11.8 Å². The Morgan fingerprint density at radius 1 is 1.02 bits per heavy atom. The van der Waals surface area contributed by atoms with Gasteiger partial charge in [-0.05, 0) is 86.9 Å². The Morgan fingerprint density at radius 3 is 2.46 bits per heavy atom. The van der Waals surface area contributed by atoms with Gasteiger partial charge in [-0.3, -0.25) is 19.5 Å². The summed E-state index contributed by atoms with van der Waals surface area (Å²) in [5.74, 6) is -0.311. The molecule has 0 aliphatic carbocycles. The van der Waals surface area contributed by atoms with Crippen molar-refractivity contribution < 1.29 is 14.3 Å². The minimum atomic E-state index is -0.618. The second-order valence-corrected chi connectivity index (χ2v) is 10.1. The topological polar surface area (TPSA) is 101 Å². The fourth-order valence-electron chi connectivity index (χ4n) is 4.72. The number of hydrogen-bond acceptors (Lipinski definition) is 6. The second-order valence-electron chi connectivity index (χ2n) is 10.1. The van der Waals surface area contributed by atoms with Crippen LogP contribution in [0.25, 0.3) is 23.0 Å². The van der Waals surface area contributed by atoms with Crippen molar-refractivity contribution >= 4 is 17.9 Å². The van der Waals surface area contributed by atoms with Crippen molar-refractivity contribution in [2.24, 2.45) is 0 Å². The highest BCUT2D eigenvalue weighted by Crippen LogP contribution is 2.33. The van der Waals surface area contributed by atoms with Crippen LogP contribution in [-0.4, -0.2) is 37.6 Å². The van der Waals surface area contributed by atoms with Gasteiger partial charge in [0.2, 0.25) is 0 Å². The quantitative estimate of drug-likeness (QED) is 0.215. The van der Waals surface area contributed by atoms with Crippen molar-refractivity contribution in [3.05, 3.63) is 113 Å². The van der Waals surface area contributed by atoms with Crippen LogP contribution in [0.15, 0.2) is 96.0 Å². The number of aryl methyl sites for hydroxylation is 1. The molecule has 1 aliphatic rings. The van der Waals surface area contributed by atoms with Crippen molar-refractivity contribution in [1.29, 1.82) is 5.26 Å². The normalized spacial score (nSPS) is 14.6. The number of imide groups is 1. The highest BCUT2D eigenvalue weighted by Gasteiger charge is 2.35. The third-order valence-corrected chi connectivity index (χ3v) is 6.76. The molecule has 0 unspecified atom stereocenters. The summed E-state index contributed by atoms with van der Waals surface area (Å²) in [7, 11) is 0. The van der Waals surface area contributed by atoms with E-state index in [0.717, 1.165) is 27.5 Å². The van der Waals surface area contributed by atoms with Crippen LogP contribution in [0.3, 0.4) is 0 Å². The standard InChI is InChI=1S/C33H29N5O3/c1-21(2)41-30-13-12-25(15-22(30)3)31-26(20-38(36-31)27-10-6-5-7-11-27)16-28-23(4)29(17-34)33(40)37(32(28)39)19-24-9-8-14-35-18-24/h5-16,18,20-21H,19H2,1-4H3/b28-16+. The predicted molar refractivity (Wildman–Crippen MR) is 156 cm³/mol. The van der Waals surface area contributed by atoms with Gasteiger partial charge >= 0.3 is 0 Å². The third-order valence-electron chi connectivity index (χ3n) is 6.76. The summed E-state index contributed by atoms with van der Waals surface area (Å²) in [4.78, 5) is 32.1. The highest BCUT2D eigenvalue weighted by molar-refractivity contribution is 6.19. The zero-order chi connectivity index (χ0) is 29.1. The molecular weight excluding hydrogens is 514 g/mol. The first-order valence-corrected chi connectivity index (χ1v) is 13.3. The van der Waals surface area contributed by atoms with E-state index in [1.165, 1.54) is 0 Å². The molecule has 0 N–H and O–H groups in total. The average molecular weight is 544 g/mol. The van der Waals surface area contributed by atoms with Crippen LogP contribution >= 0.6 is 0 Å². The van der Waals surface area contributed by atoms with Crippen LogP contribution < -0.4 is 4.74 Å². The van der Waals surface area contributed by atoms with Crippen molar-refractivity contribution in [3.63, 3.8) is 0 Å². The first kappa shape index (κ1) is 27.3. The minimum Gasteiger partial charge on any atom is -0.491 e. The van der Waals surface area contributed by atoms with E-state index in [-0.39, 0.29) is 23.8 Å². The molecular formula is C33H29N5O3. The molecule has 0 radical (unpaired) electrons. The number of hydrogen-bond donors (Lipinski definition) is 0. The van der Waals surface area contributed by atoms with Crippen LogP contribution in [-0.2, 0) is 16.1 Å². The number of nitriles is 1. The number of ether oxygens (including phenoxy) is 1. The molecule has 2 aromatic carbocycles. The third kappa shape index (κ3) is 5.56. The summed E-state index contributed by atoms with van der Waals surface area (Å²) in [5.41, 5.74) is 5.17. The summed E-state index contributed by atoms with van der Waals surface area (Å²) in [6.45, 7) is 7.58. The maximum atomic E-state index is 13.8. The maximum absolute atomic E-state index is 13.8. The molecule has 0 fully saturated rings. The average Bonchev–Trinajstić information content (AvgIpc) is 3.39. The van der Waals surface area contributed by atoms with Gasteiger partial charge in [-0.15, -0.1) is 0 Å². The molecule has 0 atom stereocenters. The van der Waals surface area contributed by atoms with Crippen molar-refractivity contribution in [3.8, 4) is 28.8 Å². The lowest BCUT2D eigenvalue weighted by molar-refractivity contribution is -0.141. The molecule has 8 nitrogen and oxygen atoms in total. The second kappa shape index (κ2) is 11.4. The first-order chi connectivity index (χ1) is 19.8. The van der Waals surface area contributed by atoms with Crippen LogP contribution in [0.4, 0.5) is 0 Å². The fraction of sp³-hybridized carbons (Fsp3) is 0.182. The summed E-state index contributed by atoms with van der Waals surface area (Å²) < 4.78 is 7.68. The Morgan fingerprint density at radius 2 is 1.80 bits per heavy atom. The number of carbonyl (C=O) groups is 2. The number of pyridine rings is 1. The number of benzene rings is 2. The molecule has 5 rings (SSSR count). The fourth-order valence-corrected chi connectivity index (χ4v) is 4.72. The minimum absolute atomic E-state index is 0.00789. The van der Waals surface area contributed by atoms with E-state index >= 15 is 0 Å². The molecule has 4 aromatic rings. The van der Waals surface area contributed by atoms with E-state index in [0.29, 0.717) is 22.4 Å². The largest absolute Gasteiger partial charge is 0.491 e. The van der Waals surface area contributed by atoms with Gasteiger partial charge < -0.3 is 4.74 Å². The number of aromatic nitrogens is 3. The monoisotopic (exact) mass is 543 g/mol. The summed E-state index contributed by atoms with van der Waals surface area (Å²) in [5, 5.41) is 14.7. The molecule has 2 aromatic heterocycles. The van der Waals surface area contributed by atoms with Gasteiger partial charge in [0.05, 0.1) is 24.0 Å². The zero-order valence-electron chi connectivity index (χ0n) is 23.3. The van der Waals surface area contributed by atoms with Crippen molar-refractivity contribution in [2.75, 3.05) is 0 Å². The summed E-state index contributed by atoms with van der Waals surface area (Å²) in [6.07, 6.45) is 6.82. The first-order valence-electron chi connectivity index (χ1n) is 13.3. The van der Waals surface area contributed by atoms with Crippen LogP contribution in [0.2, 0.25) is 0 Å². The van der Waals surface area contributed by atoms with E-state index in [1.54, 1.807) is 42.2 Å². The van der Waals surface area contributed by atoms with Gasteiger partial charge in [-0.2, -0.15) is 10.4 Å². The molecule has 204 valence electrons. The predicted octanol–water partition coefficient (Wildman–Crippen LogP) is 5.82. The number of nitrogens with zero attached hydrogens (tertiary/aromatic N) is 5. The Kier molecular flexibility index (Phi) is 7.61. The molecule has 41 heavy (non-hydrogen) atoms. The molecule has 0 saturated heterocycles. The van der Waals surface area contributed by atoms with E-state index in [1.807, 2.05) is 81.6 Å². The Balaban J connectivity index is 1.65. The number of carbonyl (C=O) groups excluding carboxylic acids is 2. The van der Waals surface area contributed by atoms with E-state index in [2.05, 4.69) is 4.98 Å². The molecule has 1 aliphatic heterocycles. The lowest BCUT2D eigenvalue weighted by atomic mass is 9.93. The van der Waals surface area contributed by atoms with Gasteiger partial charge in [-0.25, -0.2) is 4.68 Å². The summed E-state index contributed by atoms with van der Waals surface area (Å²) >= 11 is 0. The Bertz CT molecular complexity index is 1730. The maximum Gasteiger partial charge on any atom is 0.271 e. The number of amides is 2. The zero-order valence-corrected chi connectivity index (χ0v) is 23.3. The summed E-state index contributed by atoms with van der Waals surface area (Å²) in [6, 6.07) is 21.1. The van der Waals surface area contributed by atoms with E-state index < -0.39 is 11.8 Å². The van der Waals surface area contributed by atoms with Crippen LogP contribution in [0, 0.1) is 18.3 Å². The Hall–Kier alpha value is -5.29. The van der Waals surface area contributed by atoms with Crippen molar-refractivity contribution in [2.45, 2.75) is 40.3 Å². The molecule has 8 heteroatoms. The highest BCUT2D eigenvalue weighted by atomic mass is 16.5. The van der Waals surface area contributed by atoms with Crippen molar-refractivity contribution in [1.82, 2.24) is 19.7 Å². The molecule has 0 spiro atoms. The lowest BCUT2D eigenvalue weighted by Gasteiger charge is -2.27. The number of rotatable bonds is 7. The molecule has 2 amide bonds. The van der Waals surface area contributed by atoms with Gasteiger partial charge in [0, 0.05) is 35.3 Å². The number of para-hydroxylation sites is 1. The van der Waals surface area contributed by atoms with Crippen LogP contribution in [0.5, 0.6) is 5.75 Å². The van der Waals surface area contributed by atoms with Gasteiger partial charge in [-0.1, -0.05) is 24.3 Å². The Labute approximate surface area is 238 Å². The van der Waals surface area contributed by atoms with E-state index in [4.69, 9.17) is 9.84 Å². The SMILES string of the molecule is CC1=C(C#N)C(=O)N(Cc2cccnc2)C(=O)/C1=C/c1cn(-c2ccccc2)nc1-c1ccc(OC(C)C)c(C)c1. The molecule has 0 bridgehead atoms. The van der Waals surface area contributed by atoms with Crippen LogP contribution in [0.1, 0.15) is 37.5 Å². The molecule has 0 saturated carbocycles. The van der Waals surface area contributed by atoms with Gasteiger partial charge in [0.1, 0.15) is 17.4 Å². The lowest BCUT2D eigenvalue weighted by Crippen LogP contribution is -2.42. The van der Waals surface area contributed by atoms with E-state index in [9.17, 15) is 14.9 Å². The molecule has 3 heterocycles.